The van der Waals surface area contributed by atoms with Crippen LogP contribution in [0.5, 0.6) is 0 Å². The van der Waals surface area contributed by atoms with Gasteiger partial charge >= 0.3 is 35.6 Å². The van der Waals surface area contributed by atoms with Crippen molar-refractivity contribution in [1.29, 1.82) is 0 Å². The first kappa shape index (κ1) is 27.3. The van der Waals surface area contributed by atoms with Gasteiger partial charge in [0, 0.05) is 11.4 Å². The molecule has 1 aliphatic heterocycles. The Labute approximate surface area is 234 Å². The van der Waals surface area contributed by atoms with Crippen LogP contribution < -0.4 is 4.57 Å². The molecule has 0 saturated heterocycles. The van der Waals surface area contributed by atoms with Crippen LogP contribution in [0.1, 0.15) is 17.9 Å². The van der Waals surface area contributed by atoms with E-state index in [4.69, 9.17) is 23.9 Å². The summed E-state index contributed by atoms with van der Waals surface area (Å²) >= 11 is -0.556. The van der Waals surface area contributed by atoms with Crippen molar-refractivity contribution in [2.45, 2.75) is 31.0 Å². The van der Waals surface area contributed by atoms with Crippen LogP contribution in [-0.2, 0) is 17.0 Å². The number of halogens is 2. The molecule has 0 spiro atoms. The van der Waals surface area contributed by atoms with E-state index in [0.29, 0.717) is 23.3 Å². The number of anilines is 2. The number of allylic oxidation sites excluding steroid dienone is 4. The summed E-state index contributed by atoms with van der Waals surface area (Å²) in [7, 11) is 7.81. The maximum absolute atomic E-state index is 5.00. The molecule has 1 saturated carbocycles. The van der Waals surface area contributed by atoms with Crippen molar-refractivity contribution < 1.29 is 17.0 Å². The summed E-state index contributed by atoms with van der Waals surface area (Å²) in [4.78, 5) is 0. The van der Waals surface area contributed by atoms with Gasteiger partial charge in [-0.05, 0) is 47.4 Å². The molecule has 1 unspecified atom stereocenters. The van der Waals surface area contributed by atoms with E-state index in [0.717, 1.165) is 11.4 Å². The standard InChI is InChI=1S/C29H29N2Si.CH3.2ClH.Ti/c1-32(2,31-27-18-10-8-16-25(27)30-26-17-9-11-19-28(26)31)29-20-24(21-12-4-3-5-13-21)22-14-6-7-15-23(22)29;;;;/h3-19,22-24,29H,20H2,1-2H3;1H3;2*1H;/q2*-1;;;+2/p-2/t22-,23+,24-,29?;;;;/m1..../s1. The first-order valence-corrected chi connectivity index (χ1v) is 19.4. The van der Waals surface area contributed by atoms with E-state index in [2.05, 4.69) is 121 Å². The van der Waals surface area contributed by atoms with Gasteiger partial charge < -0.3 is 17.3 Å². The predicted molar refractivity (Wildman–Crippen MR) is 156 cm³/mol. The summed E-state index contributed by atoms with van der Waals surface area (Å²) in [5.74, 6) is 1.75. The Hall–Kier alpha value is -1.75. The second kappa shape index (κ2) is 11.8. The molecule has 3 aromatic rings. The van der Waals surface area contributed by atoms with Crippen molar-refractivity contribution in [3.05, 3.63) is 121 Å². The minimum absolute atomic E-state index is 0. The molecule has 3 aliphatic rings. The normalized spacial score (nSPS) is 23.2. The Kier molecular flexibility index (Phi) is 8.91. The predicted octanol–water partition coefficient (Wildman–Crippen LogP) is 10.4. The molecule has 0 N–H and O–H groups in total. The Balaban J connectivity index is 0.000000726. The van der Waals surface area contributed by atoms with Gasteiger partial charge in [-0.15, -0.1) is 11.4 Å². The first-order chi connectivity index (χ1) is 17.1. The molecule has 0 radical (unpaired) electrons. The van der Waals surface area contributed by atoms with E-state index in [1.807, 2.05) is 0 Å². The molecule has 0 amide bonds. The van der Waals surface area contributed by atoms with Crippen LogP contribution in [-0.4, -0.2) is 8.24 Å². The molecular formula is C30H32Cl2N2SiTi-2. The molecule has 2 nitrogen and oxygen atoms in total. The number of hydrogen-bond donors (Lipinski definition) is 0. The number of para-hydroxylation sites is 4. The SMILES string of the molecule is C[Si](C)(C1C[C@H](c2ccccc2)[C@@H]2C=CC=C[C@H]12)N1c2ccccc2[N-]c2ccccc21.[CH3-].[Cl][Ti][Cl]. The maximum atomic E-state index is 5.00. The molecule has 186 valence electrons. The van der Waals surface area contributed by atoms with Crippen LogP contribution in [0, 0.1) is 19.3 Å². The van der Waals surface area contributed by atoms with Crippen LogP contribution in [0.4, 0.5) is 22.7 Å². The molecule has 6 heteroatoms. The number of fused-ring (bicyclic) bond motifs is 3. The second-order valence-electron chi connectivity index (χ2n) is 9.93. The van der Waals surface area contributed by atoms with Gasteiger partial charge in [0.15, 0.2) is 8.24 Å². The van der Waals surface area contributed by atoms with Crippen molar-refractivity contribution in [2.24, 2.45) is 11.8 Å². The second-order valence-corrected chi connectivity index (χ2v) is 17.0. The van der Waals surface area contributed by atoms with Crippen LogP contribution in [0.3, 0.4) is 0 Å². The third-order valence-corrected chi connectivity index (χ3v) is 11.9. The molecule has 0 aromatic heterocycles. The minimum atomic E-state index is -1.97. The Morgan fingerprint density at radius 1 is 0.778 bits per heavy atom. The average molecular weight is 567 g/mol. The fraction of sp³-hybridized carbons (Fsp3) is 0.233. The van der Waals surface area contributed by atoms with Crippen LogP contribution >= 0.6 is 18.6 Å². The number of nitrogens with zero attached hydrogens (tertiary/aromatic N) is 2. The van der Waals surface area contributed by atoms with E-state index in [-0.39, 0.29) is 7.43 Å². The molecular weight excluding hydrogens is 535 g/mol. The van der Waals surface area contributed by atoms with Crippen LogP contribution in [0.2, 0.25) is 18.6 Å². The van der Waals surface area contributed by atoms with Gasteiger partial charge in [-0.2, -0.15) is 0 Å². The van der Waals surface area contributed by atoms with Crippen molar-refractivity contribution in [2.75, 3.05) is 4.57 Å². The van der Waals surface area contributed by atoms with E-state index in [9.17, 15) is 0 Å². The fourth-order valence-corrected chi connectivity index (χ4v) is 10.5. The summed E-state index contributed by atoms with van der Waals surface area (Å²) < 4.78 is 2.71. The molecule has 4 atom stereocenters. The van der Waals surface area contributed by atoms with Crippen molar-refractivity contribution >= 4 is 49.6 Å². The zero-order valence-electron chi connectivity index (χ0n) is 21.0. The zero-order valence-corrected chi connectivity index (χ0v) is 25.1. The molecule has 6 rings (SSSR count). The van der Waals surface area contributed by atoms with Gasteiger partial charge in [0.1, 0.15) is 0 Å². The van der Waals surface area contributed by atoms with Crippen LogP contribution in [0.25, 0.3) is 5.32 Å². The third-order valence-electron chi connectivity index (χ3n) is 7.86. The van der Waals surface area contributed by atoms with Crippen molar-refractivity contribution in [1.82, 2.24) is 0 Å². The Morgan fingerprint density at radius 2 is 1.28 bits per heavy atom. The summed E-state index contributed by atoms with van der Waals surface area (Å²) in [6.45, 7) is 5.15. The molecule has 0 bridgehead atoms. The van der Waals surface area contributed by atoms with Gasteiger partial charge in [0.05, 0.1) is 0 Å². The Morgan fingerprint density at radius 3 is 1.86 bits per heavy atom. The summed E-state index contributed by atoms with van der Waals surface area (Å²) in [5, 5.41) is 5.00. The van der Waals surface area contributed by atoms with E-state index in [1.165, 1.54) is 23.4 Å². The molecule has 2 aliphatic carbocycles. The van der Waals surface area contributed by atoms with Crippen LogP contribution in [0.15, 0.2) is 103 Å². The van der Waals surface area contributed by atoms with Gasteiger partial charge in [-0.3, -0.25) is 0 Å². The number of rotatable bonds is 3. The number of hydrogen-bond acceptors (Lipinski definition) is 1. The number of benzene rings is 3. The third kappa shape index (κ3) is 5.01. The van der Waals surface area contributed by atoms with E-state index < -0.39 is 25.3 Å². The van der Waals surface area contributed by atoms with E-state index in [1.54, 1.807) is 0 Å². The molecule has 1 heterocycles. The average Bonchev–Trinajstić information content (AvgIpc) is 3.29. The zero-order chi connectivity index (χ0) is 24.4. The molecule has 3 aromatic carbocycles. The first-order valence-electron chi connectivity index (χ1n) is 12.1. The van der Waals surface area contributed by atoms with Gasteiger partial charge in [-0.1, -0.05) is 104 Å². The Bertz CT molecular complexity index is 1180. The van der Waals surface area contributed by atoms with E-state index >= 15 is 0 Å². The monoisotopic (exact) mass is 566 g/mol. The topological polar surface area (TPSA) is 17.3 Å². The van der Waals surface area contributed by atoms with Gasteiger partial charge in [-0.25, -0.2) is 0 Å². The van der Waals surface area contributed by atoms with Crippen molar-refractivity contribution in [3.63, 3.8) is 0 Å². The van der Waals surface area contributed by atoms with Crippen molar-refractivity contribution in [3.8, 4) is 0 Å². The molecule has 36 heavy (non-hydrogen) atoms. The summed E-state index contributed by atoms with van der Waals surface area (Å²) in [5.41, 5.74) is 6.89. The summed E-state index contributed by atoms with van der Waals surface area (Å²) in [6, 6.07) is 28.6. The summed E-state index contributed by atoms with van der Waals surface area (Å²) in [6.07, 6.45) is 10.8. The van der Waals surface area contributed by atoms with Gasteiger partial charge in [0.2, 0.25) is 0 Å². The molecule has 1 fully saturated rings. The quantitative estimate of drug-likeness (QED) is 0.227. The van der Waals surface area contributed by atoms with Gasteiger partial charge in [0.25, 0.3) is 0 Å². The fourth-order valence-electron chi connectivity index (χ4n) is 6.39.